The molecule has 154 valence electrons. The van der Waals surface area contributed by atoms with E-state index in [2.05, 4.69) is 10.3 Å². The Balaban J connectivity index is 1.83. The minimum atomic E-state index is -0.652. The van der Waals surface area contributed by atoms with Gasteiger partial charge in [0.2, 0.25) is 5.91 Å². The van der Waals surface area contributed by atoms with E-state index in [4.69, 9.17) is 0 Å². The van der Waals surface area contributed by atoms with Crippen molar-refractivity contribution >= 4 is 11.8 Å². The normalized spacial score (nSPS) is 19.3. The summed E-state index contributed by atoms with van der Waals surface area (Å²) in [6, 6.07) is 6.38. The lowest BCUT2D eigenvalue weighted by Gasteiger charge is -2.39. The van der Waals surface area contributed by atoms with E-state index in [-0.39, 0.29) is 30.2 Å². The Morgan fingerprint density at radius 3 is 2.59 bits per heavy atom. The van der Waals surface area contributed by atoms with Crippen LogP contribution in [0.5, 0.6) is 0 Å². The third-order valence-corrected chi connectivity index (χ3v) is 5.06. The molecular weight excluding hydrogens is 376 g/mol. The number of aromatic nitrogens is 1. The van der Waals surface area contributed by atoms with Crippen LogP contribution in [0.2, 0.25) is 0 Å². The Hall–Kier alpha value is -2.83. The molecule has 0 spiro atoms. The van der Waals surface area contributed by atoms with Crippen molar-refractivity contribution in [1.29, 1.82) is 0 Å². The fourth-order valence-electron chi connectivity index (χ4n) is 3.78. The maximum atomic E-state index is 13.8. The van der Waals surface area contributed by atoms with Gasteiger partial charge < -0.3 is 10.2 Å². The van der Waals surface area contributed by atoms with E-state index in [1.165, 1.54) is 18.3 Å². The number of hydrogen-bond acceptors (Lipinski definition) is 3. The van der Waals surface area contributed by atoms with Gasteiger partial charge in [-0.05, 0) is 42.2 Å². The molecule has 1 aliphatic rings. The van der Waals surface area contributed by atoms with Gasteiger partial charge in [-0.25, -0.2) is 8.78 Å². The number of carbonyl (C=O) groups is 2. The Kier molecular flexibility index (Phi) is 6.56. The molecule has 2 atom stereocenters. The number of carbonyl (C=O) groups excluding carboxylic acids is 2. The summed E-state index contributed by atoms with van der Waals surface area (Å²) in [6.45, 7) is 4.57. The van der Waals surface area contributed by atoms with Crippen LogP contribution in [-0.4, -0.2) is 40.8 Å². The Morgan fingerprint density at radius 1 is 1.24 bits per heavy atom. The molecule has 0 unspecified atom stereocenters. The number of rotatable bonds is 5. The molecular formula is C22H25F2N3O2. The molecule has 0 saturated carbocycles. The molecule has 7 heteroatoms. The highest BCUT2D eigenvalue weighted by atomic mass is 19.1. The minimum absolute atomic E-state index is 0.137. The molecule has 1 aromatic carbocycles. The monoisotopic (exact) mass is 401 g/mol. The van der Waals surface area contributed by atoms with Gasteiger partial charge in [0.15, 0.2) is 0 Å². The Morgan fingerprint density at radius 2 is 1.97 bits per heavy atom. The number of nitrogens with one attached hydrogen (secondary N) is 1. The molecule has 1 saturated heterocycles. The van der Waals surface area contributed by atoms with Crippen molar-refractivity contribution in [2.45, 2.75) is 38.6 Å². The summed E-state index contributed by atoms with van der Waals surface area (Å²) < 4.78 is 27.5. The summed E-state index contributed by atoms with van der Waals surface area (Å²) in [5.41, 5.74) is 0.959. The molecule has 0 bridgehead atoms. The fourth-order valence-corrected chi connectivity index (χ4v) is 3.78. The number of hydrogen-bond donors (Lipinski definition) is 1. The third-order valence-electron chi connectivity index (χ3n) is 5.06. The van der Waals surface area contributed by atoms with Gasteiger partial charge in [-0.2, -0.15) is 0 Å². The maximum absolute atomic E-state index is 13.8. The summed E-state index contributed by atoms with van der Waals surface area (Å²) in [4.78, 5) is 30.9. The largest absolute Gasteiger partial charge is 0.351 e. The maximum Gasteiger partial charge on any atom is 0.255 e. The van der Waals surface area contributed by atoms with Gasteiger partial charge in [0.1, 0.15) is 11.6 Å². The van der Waals surface area contributed by atoms with Crippen molar-refractivity contribution < 1.29 is 18.4 Å². The molecule has 0 radical (unpaired) electrons. The first-order chi connectivity index (χ1) is 13.8. The number of nitrogens with zero attached hydrogens (tertiary/aromatic N) is 2. The zero-order valence-electron chi connectivity index (χ0n) is 16.6. The minimum Gasteiger partial charge on any atom is -0.351 e. The second-order valence-electron chi connectivity index (χ2n) is 7.86. The van der Waals surface area contributed by atoms with Crippen LogP contribution < -0.4 is 5.32 Å². The fraction of sp³-hybridized carbons (Fsp3) is 0.409. The van der Waals surface area contributed by atoms with E-state index < -0.39 is 17.7 Å². The van der Waals surface area contributed by atoms with E-state index in [1.807, 2.05) is 13.8 Å². The number of benzene rings is 1. The van der Waals surface area contributed by atoms with Crippen LogP contribution in [0.25, 0.3) is 0 Å². The van der Waals surface area contributed by atoms with Gasteiger partial charge in [-0.3, -0.25) is 14.6 Å². The summed E-state index contributed by atoms with van der Waals surface area (Å²) >= 11 is 0. The van der Waals surface area contributed by atoms with Crippen LogP contribution in [0.1, 0.15) is 48.5 Å². The third kappa shape index (κ3) is 5.37. The first-order valence-corrected chi connectivity index (χ1v) is 9.78. The molecule has 29 heavy (non-hydrogen) atoms. The molecule has 1 fully saturated rings. The van der Waals surface area contributed by atoms with Gasteiger partial charge in [-0.1, -0.05) is 13.8 Å². The summed E-state index contributed by atoms with van der Waals surface area (Å²) in [5, 5.41) is 2.98. The topological polar surface area (TPSA) is 62.3 Å². The number of halogens is 2. The van der Waals surface area contributed by atoms with Crippen LogP contribution >= 0.6 is 0 Å². The second-order valence-corrected chi connectivity index (χ2v) is 7.86. The van der Waals surface area contributed by atoms with E-state index in [0.717, 1.165) is 6.07 Å². The summed E-state index contributed by atoms with van der Waals surface area (Å²) in [7, 11) is 0. The van der Waals surface area contributed by atoms with Gasteiger partial charge in [0.25, 0.3) is 5.91 Å². The molecule has 3 rings (SSSR count). The molecule has 1 N–H and O–H groups in total. The van der Waals surface area contributed by atoms with E-state index in [9.17, 15) is 18.4 Å². The average molecular weight is 401 g/mol. The summed E-state index contributed by atoms with van der Waals surface area (Å²) in [5.74, 6) is -1.72. The Labute approximate surface area is 169 Å². The van der Waals surface area contributed by atoms with E-state index >= 15 is 0 Å². The number of piperidine rings is 1. The SMILES string of the molecule is CC(C)CC(=O)N[C@@H]1CN(C(=O)c2cccnc2)CC[C@H]1c1cc(F)cc(F)c1. The quantitative estimate of drug-likeness (QED) is 0.834. The molecule has 2 aromatic rings. The molecule has 1 aliphatic heterocycles. The van der Waals surface area contributed by atoms with Crippen LogP contribution in [-0.2, 0) is 4.79 Å². The van der Waals surface area contributed by atoms with Gasteiger partial charge in [-0.15, -0.1) is 0 Å². The highest BCUT2D eigenvalue weighted by Gasteiger charge is 2.34. The second kappa shape index (κ2) is 9.11. The highest BCUT2D eigenvalue weighted by Crippen LogP contribution is 2.30. The van der Waals surface area contributed by atoms with Gasteiger partial charge >= 0.3 is 0 Å². The predicted octanol–water partition coefficient (Wildman–Crippen LogP) is 3.52. The number of pyridine rings is 1. The highest BCUT2D eigenvalue weighted by molar-refractivity contribution is 5.94. The first-order valence-electron chi connectivity index (χ1n) is 9.78. The molecule has 2 amide bonds. The zero-order valence-corrected chi connectivity index (χ0v) is 16.6. The van der Waals surface area contributed by atoms with Crippen LogP contribution in [0.15, 0.2) is 42.7 Å². The van der Waals surface area contributed by atoms with E-state index in [1.54, 1.807) is 23.2 Å². The van der Waals surface area contributed by atoms with Crippen LogP contribution in [0.4, 0.5) is 8.78 Å². The van der Waals surface area contributed by atoms with Gasteiger partial charge in [0.05, 0.1) is 11.6 Å². The standard InChI is InChI=1S/C22H25F2N3O2/c1-14(2)8-21(28)26-20-13-27(22(29)15-4-3-6-25-12-15)7-5-19(20)16-9-17(23)11-18(24)10-16/h3-4,6,9-12,14,19-20H,5,7-8,13H2,1-2H3,(H,26,28)/t19-,20+/m0/s1. The summed E-state index contributed by atoms with van der Waals surface area (Å²) in [6.07, 6.45) is 3.93. The molecule has 2 heterocycles. The zero-order chi connectivity index (χ0) is 21.0. The van der Waals surface area contributed by atoms with Crippen molar-refractivity contribution in [2.75, 3.05) is 13.1 Å². The van der Waals surface area contributed by atoms with Crippen molar-refractivity contribution in [2.24, 2.45) is 5.92 Å². The van der Waals surface area contributed by atoms with Crippen molar-refractivity contribution in [3.63, 3.8) is 0 Å². The number of amides is 2. The lowest BCUT2D eigenvalue weighted by atomic mass is 9.84. The number of likely N-dealkylation sites (tertiary alicyclic amines) is 1. The van der Waals surface area contributed by atoms with Crippen LogP contribution in [0.3, 0.4) is 0 Å². The predicted molar refractivity (Wildman–Crippen MR) is 105 cm³/mol. The molecule has 1 aromatic heterocycles. The smallest absolute Gasteiger partial charge is 0.255 e. The lowest BCUT2D eigenvalue weighted by molar-refractivity contribution is -0.123. The molecule has 0 aliphatic carbocycles. The van der Waals surface area contributed by atoms with Crippen molar-refractivity contribution in [3.8, 4) is 0 Å². The van der Waals surface area contributed by atoms with E-state index in [0.29, 0.717) is 30.5 Å². The van der Waals surface area contributed by atoms with Crippen molar-refractivity contribution in [1.82, 2.24) is 15.2 Å². The van der Waals surface area contributed by atoms with Crippen LogP contribution in [0, 0.1) is 17.6 Å². The van der Waals surface area contributed by atoms with Gasteiger partial charge in [0, 0.05) is 43.9 Å². The van der Waals surface area contributed by atoms with Crippen molar-refractivity contribution in [3.05, 3.63) is 65.5 Å². The first kappa shape index (κ1) is 20.9. The lowest BCUT2D eigenvalue weighted by Crippen LogP contribution is -2.53. The Bertz CT molecular complexity index is 853. The molecule has 5 nitrogen and oxygen atoms in total. The average Bonchev–Trinajstić information content (AvgIpc) is 2.66.